The van der Waals surface area contributed by atoms with Crippen molar-refractivity contribution in [1.82, 2.24) is 9.79 Å². The van der Waals surface area contributed by atoms with E-state index >= 15 is 0 Å². The van der Waals surface area contributed by atoms with E-state index < -0.39 is 11.0 Å². The number of hydrogen-bond acceptors (Lipinski definition) is 4. The summed E-state index contributed by atoms with van der Waals surface area (Å²) in [7, 11) is -1.22. The Morgan fingerprint density at radius 3 is 2.75 bits per heavy atom. The molecule has 0 amide bonds. The molecule has 2 atom stereocenters. The molecule has 2 rings (SSSR count). The van der Waals surface area contributed by atoms with Gasteiger partial charge in [0.1, 0.15) is 6.79 Å². The van der Waals surface area contributed by atoms with E-state index in [0.717, 1.165) is 21.7 Å². The van der Waals surface area contributed by atoms with Gasteiger partial charge >= 0.3 is 0 Å². The van der Waals surface area contributed by atoms with Crippen LogP contribution in [0.4, 0.5) is 0 Å². The standard InChI is InChI=1S/C17H22N2O2S.CH2O/c1-4-5-6-7-14(3)19-16(10-11-18-20)15-12-13(2)8-9-17(15)22(19)21;1-2/h4-9,12,16,18,20H,1,10-11H2,2-3H3;1H2/b6-5-,14-7+;. The van der Waals surface area contributed by atoms with Gasteiger partial charge in [-0.2, -0.15) is 0 Å². The second-order valence-corrected chi connectivity index (χ2v) is 6.59. The van der Waals surface area contributed by atoms with Crippen LogP contribution in [-0.4, -0.2) is 27.1 Å². The summed E-state index contributed by atoms with van der Waals surface area (Å²) in [5.41, 5.74) is 5.34. The highest BCUT2D eigenvalue weighted by molar-refractivity contribution is 7.83. The molecule has 1 heterocycles. The second kappa shape index (κ2) is 9.97. The Balaban J connectivity index is 0.00000139. The fourth-order valence-electron chi connectivity index (χ4n) is 2.63. The highest BCUT2D eigenvalue weighted by Crippen LogP contribution is 2.41. The molecule has 2 unspecified atom stereocenters. The van der Waals surface area contributed by atoms with Crippen LogP contribution < -0.4 is 5.48 Å². The maximum atomic E-state index is 12.8. The number of aryl methyl sites for hydroxylation is 1. The molecular formula is C18H24N2O3S. The van der Waals surface area contributed by atoms with Gasteiger partial charge in [0.15, 0.2) is 11.0 Å². The van der Waals surface area contributed by atoms with Crippen LogP contribution in [0.25, 0.3) is 0 Å². The number of hydrogen-bond donors (Lipinski definition) is 2. The molecule has 0 saturated heterocycles. The molecule has 24 heavy (non-hydrogen) atoms. The van der Waals surface area contributed by atoms with Gasteiger partial charge in [0.25, 0.3) is 0 Å². The van der Waals surface area contributed by atoms with Gasteiger partial charge < -0.3 is 10.0 Å². The Morgan fingerprint density at radius 2 is 2.12 bits per heavy atom. The van der Waals surface area contributed by atoms with Crippen molar-refractivity contribution in [3.05, 3.63) is 65.9 Å². The van der Waals surface area contributed by atoms with Gasteiger partial charge in [0, 0.05) is 12.2 Å². The van der Waals surface area contributed by atoms with E-state index in [2.05, 4.69) is 18.1 Å². The number of benzene rings is 1. The highest BCUT2D eigenvalue weighted by atomic mass is 32.2. The second-order valence-electron chi connectivity index (χ2n) is 5.26. The van der Waals surface area contributed by atoms with E-state index in [-0.39, 0.29) is 6.04 Å². The van der Waals surface area contributed by atoms with Gasteiger partial charge in [-0.15, -0.1) is 0 Å². The van der Waals surface area contributed by atoms with E-state index in [4.69, 9.17) is 10.0 Å². The summed E-state index contributed by atoms with van der Waals surface area (Å²) in [6, 6.07) is 6.00. The predicted octanol–water partition coefficient (Wildman–Crippen LogP) is 3.20. The minimum absolute atomic E-state index is 0.0104. The zero-order valence-electron chi connectivity index (χ0n) is 14.1. The Kier molecular flexibility index (Phi) is 8.32. The van der Waals surface area contributed by atoms with Crippen LogP contribution in [-0.2, 0) is 15.8 Å². The molecule has 130 valence electrons. The van der Waals surface area contributed by atoms with Crippen LogP contribution in [0.3, 0.4) is 0 Å². The van der Waals surface area contributed by atoms with Gasteiger partial charge in [0.2, 0.25) is 0 Å². The molecule has 1 aromatic rings. The molecule has 0 aliphatic carbocycles. The first-order valence-electron chi connectivity index (χ1n) is 7.53. The number of nitrogens with one attached hydrogen (secondary N) is 1. The van der Waals surface area contributed by atoms with Gasteiger partial charge in [-0.3, -0.25) is 4.31 Å². The number of carbonyl (C=O) groups excluding carboxylic acids is 1. The average molecular weight is 348 g/mol. The lowest BCUT2D eigenvalue weighted by molar-refractivity contribution is -0.0979. The van der Waals surface area contributed by atoms with Gasteiger partial charge in [0.05, 0.1) is 10.9 Å². The monoisotopic (exact) mass is 348 g/mol. The van der Waals surface area contributed by atoms with Crippen LogP contribution in [0.15, 0.2) is 59.7 Å². The summed E-state index contributed by atoms with van der Waals surface area (Å²) in [6.45, 7) is 10.1. The van der Waals surface area contributed by atoms with E-state index in [0.29, 0.717) is 13.0 Å². The molecule has 0 spiro atoms. The number of carbonyl (C=O) groups is 1. The topological polar surface area (TPSA) is 69.6 Å². The van der Waals surface area contributed by atoms with Crippen molar-refractivity contribution >= 4 is 17.8 Å². The molecule has 2 N–H and O–H groups in total. The first-order chi connectivity index (χ1) is 11.6. The largest absolute Gasteiger partial charge is 0.317 e. The first-order valence-corrected chi connectivity index (χ1v) is 8.64. The first kappa shape index (κ1) is 20.0. The smallest absolute Gasteiger partial charge is 0.153 e. The lowest BCUT2D eigenvalue weighted by atomic mass is 10.0. The molecule has 1 aliphatic heterocycles. The van der Waals surface area contributed by atoms with Crippen molar-refractivity contribution in [3.63, 3.8) is 0 Å². The Labute approximate surface area is 145 Å². The van der Waals surface area contributed by atoms with Crippen LogP contribution in [0, 0.1) is 6.92 Å². The maximum Gasteiger partial charge on any atom is 0.153 e. The summed E-state index contributed by atoms with van der Waals surface area (Å²) >= 11 is 0. The molecule has 0 radical (unpaired) electrons. The molecule has 0 saturated carbocycles. The van der Waals surface area contributed by atoms with Crippen molar-refractivity contribution in [2.75, 3.05) is 6.54 Å². The molecule has 0 bridgehead atoms. The number of allylic oxidation sites excluding steroid dienone is 5. The highest BCUT2D eigenvalue weighted by Gasteiger charge is 2.36. The van der Waals surface area contributed by atoms with E-state index in [1.54, 1.807) is 6.08 Å². The SMILES string of the molecule is C=C/C=C\C=C(/C)N1C(CCNO)c2cc(C)ccc2S1=O.C=O. The minimum atomic E-state index is -1.22. The van der Waals surface area contributed by atoms with Crippen molar-refractivity contribution in [2.45, 2.75) is 31.2 Å². The number of rotatable bonds is 6. The molecule has 1 aromatic carbocycles. The maximum absolute atomic E-state index is 12.8. The van der Waals surface area contributed by atoms with E-state index in [9.17, 15) is 4.21 Å². The van der Waals surface area contributed by atoms with Gasteiger partial charge in [-0.25, -0.2) is 9.69 Å². The zero-order chi connectivity index (χ0) is 18.1. The Hall–Kier alpha value is -2.02. The molecular weight excluding hydrogens is 324 g/mol. The van der Waals surface area contributed by atoms with E-state index in [1.807, 2.05) is 55.3 Å². The van der Waals surface area contributed by atoms with E-state index in [1.165, 1.54) is 0 Å². The lowest BCUT2D eigenvalue weighted by Gasteiger charge is -2.25. The summed E-state index contributed by atoms with van der Waals surface area (Å²) in [5, 5.41) is 8.91. The summed E-state index contributed by atoms with van der Waals surface area (Å²) in [5.74, 6) is 0. The summed E-state index contributed by atoms with van der Waals surface area (Å²) in [4.78, 5) is 8.86. The molecule has 1 aliphatic rings. The zero-order valence-corrected chi connectivity index (χ0v) is 14.9. The fraction of sp³-hybridized carbons (Fsp3) is 0.278. The predicted molar refractivity (Wildman–Crippen MR) is 96.8 cm³/mol. The molecule has 5 nitrogen and oxygen atoms in total. The van der Waals surface area contributed by atoms with Gasteiger partial charge in [-0.05, 0) is 38.0 Å². The third-order valence-corrected chi connectivity index (χ3v) is 5.28. The summed E-state index contributed by atoms with van der Waals surface area (Å²) in [6.07, 6.45) is 8.03. The minimum Gasteiger partial charge on any atom is -0.317 e. The average Bonchev–Trinajstić information content (AvgIpc) is 2.86. The van der Waals surface area contributed by atoms with Crippen LogP contribution in [0.1, 0.15) is 30.5 Å². The normalized spacial score (nSPS) is 19.8. The van der Waals surface area contributed by atoms with Crippen molar-refractivity contribution in [3.8, 4) is 0 Å². The number of fused-ring (bicyclic) bond motifs is 1. The fourth-order valence-corrected chi connectivity index (χ4v) is 4.20. The Morgan fingerprint density at radius 1 is 1.42 bits per heavy atom. The summed E-state index contributed by atoms with van der Waals surface area (Å²) < 4.78 is 14.7. The lowest BCUT2D eigenvalue weighted by Crippen LogP contribution is -2.25. The van der Waals surface area contributed by atoms with Crippen LogP contribution >= 0.6 is 0 Å². The molecule has 0 aromatic heterocycles. The number of hydroxylamine groups is 1. The third-order valence-electron chi connectivity index (χ3n) is 3.64. The van der Waals surface area contributed by atoms with Crippen LogP contribution in [0.2, 0.25) is 0 Å². The molecule has 6 heteroatoms. The quantitative estimate of drug-likeness (QED) is 0.612. The third kappa shape index (κ3) is 4.50. The van der Waals surface area contributed by atoms with Crippen molar-refractivity contribution in [1.29, 1.82) is 0 Å². The van der Waals surface area contributed by atoms with Crippen molar-refractivity contribution < 1.29 is 14.2 Å². The van der Waals surface area contributed by atoms with Crippen molar-refractivity contribution in [2.24, 2.45) is 0 Å². The van der Waals surface area contributed by atoms with Crippen LogP contribution in [0.5, 0.6) is 0 Å². The van der Waals surface area contributed by atoms with Gasteiger partial charge in [-0.1, -0.05) is 42.5 Å². The Bertz CT molecular complexity index is 656. The molecule has 0 fully saturated rings. The number of nitrogens with zero attached hydrogens (tertiary/aromatic N) is 1.